The standard InChI is InChI=1S/C19H22N4O3/c1-12-10-23(11-16(26-12)19(24)25-2)18-13-6-5-8-14(13)21-17(22-18)15-7-3-4-9-20-15/h3-4,7,9,12,16H,5-6,8,10-11H2,1-2H3/t12-,16?/m1/s1. The quantitative estimate of drug-likeness (QED) is 0.778. The Labute approximate surface area is 152 Å². The maximum Gasteiger partial charge on any atom is 0.336 e. The Morgan fingerprint density at radius 2 is 2.15 bits per heavy atom. The molecule has 0 spiro atoms. The van der Waals surface area contributed by atoms with Gasteiger partial charge in [0.15, 0.2) is 11.9 Å². The molecule has 0 amide bonds. The number of esters is 1. The van der Waals surface area contributed by atoms with Crippen molar-refractivity contribution >= 4 is 11.8 Å². The van der Waals surface area contributed by atoms with Crippen LogP contribution in [-0.2, 0) is 27.1 Å². The second kappa shape index (κ2) is 6.99. The van der Waals surface area contributed by atoms with Crippen LogP contribution in [0.3, 0.4) is 0 Å². The van der Waals surface area contributed by atoms with E-state index in [0.717, 1.165) is 36.5 Å². The summed E-state index contributed by atoms with van der Waals surface area (Å²) in [6, 6.07) is 5.73. The van der Waals surface area contributed by atoms with Gasteiger partial charge in [0.1, 0.15) is 11.5 Å². The van der Waals surface area contributed by atoms with Crippen LogP contribution in [0.15, 0.2) is 24.4 Å². The van der Waals surface area contributed by atoms with Crippen molar-refractivity contribution in [3.05, 3.63) is 35.7 Å². The van der Waals surface area contributed by atoms with Crippen molar-refractivity contribution in [2.24, 2.45) is 0 Å². The molecule has 4 rings (SSSR count). The third-order valence-corrected chi connectivity index (χ3v) is 4.83. The Morgan fingerprint density at radius 1 is 1.27 bits per heavy atom. The van der Waals surface area contributed by atoms with Gasteiger partial charge in [0, 0.05) is 24.0 Å². The molecule has 3 heterocycles. The molecule has 0 N–H and O–H groups in total. The maximum absolute atomic E-state index is 12.0. The molecular weight excluding hydrogens is 332 g/mol. The van der Waals surface area contributed by atoms with Gasteiger partial charge in [-0.15, -0.1) is 0 Å². The Kier molecular flexibility index (Phi) is 4.55. The first-order valence-corrected chi connectivity index (χ1v) is 8.95. The van der Waals surface area contributed by atoms with Gasteiger partial charge < -0.3 is 14.4 Å². The van der Waals surface area contributed by atoms with Crippen LogP contribution >= 0.6 is 0 Å². The third-order valence-electron chi connectivity index (χ3n) is 4.83. The van der Waals surface area contributed by atoms with Crippen LogP contribution < -0.4 is 4.90 Å². The Morgan fingerprint density at radius 3 is 2.92 bits per heavy atom. The fourth-order valence-corrected chi connectivity index (χ4v) is 3.67. The van der Waals surface area contributed by atoms with Crippen LogP contribution in [0.2, 0.25) is 0 Å². The van der Waals surface area contributed by atoms with Crippen LogP contribution in [0.4, 0.5) is 5.82 Å². The number of hydrogen-bond donors (Lipinski definition) is 0. The number of nitrogens with zero attached hydrogens (tertiary/aromatic N) is 4. The minimum Gasteiger partial charge on any atom is -0.467 e. The number of aryl methyl sites for hydroxylation is 1. The van der Waals surface area contributed by atoms with Crippen molar-refractivity contribution in [3.63, 3.8) is 0 Å². The largest absolute Gasteiger partial charge is 0.467 e. The van der Waals surface area contributed by atoms with E-state index >= 15 is 0 Å². The van der Waals surface area contributed by atoms with Crippen LogP contribution in [0.1, 0.15) is 24.6 Å². The molecule has 2 aromatic heterocycles. The summed E-state index contributed by atoms with van der Waals surface area (Å²) in [7, 11) is 1.39. The first kappa shape index (κ1) is 16.9. The summed E-state index contributed by atoms with van der Waals surface area (Å²) < 4.78 is 10.6. The molecule has 1 aliphatic carbocycles. The molecule has 2 aromatic rings. The summed E-state index contributed by atoms with van der Waals surface area (Å²) in [6.45, 7) is 3.07. The number of carbonyl (C=O) groups is 1. The smallest absolute Gasteiger partial charge is 0.336 e. The molecule has 7 heteroatoms. The summed E-state index contributed by atoms with van der Waals surface area (Å²) in [5.41, 5.74) is 3.03. The van der Waals surface area contributed by atoms with Crippen molar-refractivity contribution in [3.8, 4) is 11.5 Å². The maximum atomic E-state index is 12.0. The average Bonchev–Trinajstić information content (AvgIpc) is 3.15. The lowest BCUT2D eigenvalue weighted by Gasteiger charge is -2.37. The minimum absolute atomic E-state index is 0.0850. The van der Waals surface area contributed by atoms with Crippen molar-refractivity contribution in [1.82, 2.24) is 15.0 Å². The number of ether oxygens (including phenoxy) is 2. The van der Waals surface area contributed by atoms with Gasteiger partial charge in [0.2, 0.25) is 0 Å². The summed E-state index contributed by atoms with van der Waals surface area (Å²) in [4.78, 5) is 28.1. The number of pyridine rings is 1. The average molecular weight is 354 g/mol. The second-order valence-corrected chi connectivity index (χ2v) is 6.73. The van der Waals surface area contributed by atoms with E-state index in [1.807, 2.05) is 25.1 Å². The van der Waals surface area contributed by atoms with Gasteiger partial charge >= 0.3 is 5.97 Å². The number of carbonyl (C=O) groups excluding carboxylic acids is 1. The Hall–Kier alpha value is -2.54. The molecule has 1 unspecified atom stereocenters. The predicted molar refractivity (Wildman–Crippen MR) is 95.9 cm³/mol. The van der Waals surface area contributed by atoms with Crippen LogP contribution in [-0.4, -0.2) is 53.3 Å². The SMILES string of the molecule is COC(=O)C1CN(c2nc(-c3ccccn3)nc3c2CCC3)C[C@@H](C)O1. The minimum atomic E-state index is -0.603. The first-order valence-electron chi connectivity index (χ1n) is 8.95. The van der Waals surface area contributed by atoms with Gasteiger partial charge in [-0.25, -0.2) is 14.8 Å². The molecule has 2 aliphatic rings. The normalized spacial score (nSPS) is 22.2. The summed E-state index contributed by atoms with van der Waals surface area (Å²) in [6.07, 6.45) is 4.04. The number of anilines is 1. The fraction of sp³-hybridized carbons (Fsp3) is 0.474. The summed E-state index contributed by atoms with van der Waals surface area (Å²) in [5, 5.41) is 0. The highest BCUT2D eigenvalue weighted by atomic mass is 16.6. The van der Waals surface area contributed by atoms with E-state index in [4.69, 9.17) is 19.4 Å². The molecule has 0 saturated carbocycles. The molecule has 0 bridgehead atoms. The van der Waals surface area contributed by atoms with Crippen LogP contribution in [0.25, 0.3) is 11.5 Å². The molecular formula is C19H22N4O3. The lowest BCUT2D eigenvalue weighted by Crippen LogP contribution is -2.50. The van der Waals surface area contributed by atoms with Crippen molar-refractivity contribution in [2.75, 3.05) is 25.1 Å². The van der Waals surface area contributed by atoms with Crippen molar-refractivity contribution < 1.29 is 14.3 Å². The number of hydrogen-bond acceptors (Lipinski definition) is 7. The van der Waals surface area contributed by atoms with Gasteiger partial charge in [-0.05, 0) is 38.3 Å². The highest BCUT2D eigenvalue weighted by Crippen LogP contribution is 2.32. The van der Waals surface area contributed by atoms with E-state index in [1.165, 1.54) is 12.7 Å². The second-order valence-electron chi connectivity index (χ2n) is 6.73. The molecule has 0 aromatic carbocycles. The zero-order valence-electron chi connectivity index (χ0n) is 15.0. The van der Waals surface area contributed by atoms with E-state index in [-0.39, 0.29) is 12.1 Å². The molecule has 7 nitrogen and oxygen atoms in total. The summed E-state index contributed by atoms with van der Waals surface area (Å²) >= 11 is 0. The Balaban J connectivity index is 1.73. The van der Waals surface area contributed by atoms with Crippen LogP contribution in [0, 0.1) is 0 Å². The molecule has 1 saturated heterocycles. The van der Waals surface area contributed by atoms with Crippen LogP contribution in [0.5, 0.6) is 0 Å². The number of aromatic nitrogens is 3. The third kappa shape index (κ3) is 3.14. The number of fused-ring (bicyclic) bond motifs is 1. The number of methoxy groups -OCH3 is 1. The van der Waals surface area contributed by atoms with E-state index in [9.17, 15) is 4.79 Å². The lowest BCUT2D eigenvalue weighted by molar-refractivity contribution is -0.158. The summed E-state index contributed by atoms with van der Waals surface area (Å²) in [5.74, 6) is 1.18. The monoisotopic (exact) mass is 354 g/mol. The van der Waals surface area contributed by atoms with Gasteiger partial charge in [-0.3, -0.25) is 4.98 Å². The highest BCUT2D eigenvalue weighted by molar-refractivity contribution is 5.76. The number of morpholine rings is 1. The Bertz CT molecular complexity index is 812. The molecule has 2 atom stereocenters. The molecule has 1 aliphatic heterocycles. The molecule has 136 valence electrons. The van der Waals surface area contributed by atoms with Gasteiger partial charge in [0.25, 0.3) is 0 Å². The number of rotatable bonds is 3. The zero-order valence-corrected chi connectivity index (χ0v) is 15.0. The van der Waals surface area contributed by atoms with Gasteiger partial charge in [0.05, 0.1) is 19.8 Å². The molecule has 1 fully saturated rings. The van der Waals surface area contributed by atoms with Crippen molar-refractivity contribution in [1.29, 1.82) is 0 Å². The molecule has 26 heavy (non-hydrogen) atoms. The topological polar surface area (TPSA) is 77.4 Å². The highest BCUT2D eigenvalue weighted by Gasteiger charge is 2.34. The predicted octanol–water partition coefficient (Wildman–Crippen LogP) is 1.79. The van der Waals surface area contributed by atoms with E-state index in [1.54, 1.807) is 6.20 Å². The van der Waals surface area contributed by atoms with E-state index < -0.39 is 6.10 Å². The first-order chi connectivity index (χ1) is 12.7. The molecule has 0 radical (unpaired) electrons. The zero-order chi connectivity index (χ0) is 18.1. The van der Waals surface area contributed by atoms with E-state index in [0.29, 0.717) is 18.9 Å². The lowest BCUT2D eigenvalue weighted by atomic mass is 10.1. The van der Waals surface area contributed by atoms with Gasteiger partial charge in [-0.2, -0.15) is 0 Å². The van der Waals surface area contributed by atoms with Crippen molar-refractivity contribution in [2.45, 2.75) is 38.4 Å². The fourth-order valence-electron chi connectivity index (χ4n) is 3.67. The van der Waals surface area contributed by atoms with E-state index in [2.05, 4.69) is 9.88 Å². The van der Waals surface area contributed by atoms with Gasteiger partial charge in [-0.1, -0.05) is 6.07 Å².